The van der Waals surface area contributed by atoms with Gasteiger partial charge < -0.3 is 10.1 Å². The number of para-hydroxylation sites is 2. The summed E-state index contributed by atoms with van der Waals surface area (Å²) < 4.78 is 5.20. The average molecular weight is 277 g/mol. The van der Waals surface area contributed by atoms with Crippen molar-refractivity contribution in [1.82, 2.24) is 5.43 Å². The zero-order chi connectivity index (χ0) is 15.2. The third kappa shape index (κ3) is 4.91. The molecule has 0 heterocycles. The summed E-state index contributed by atoms with van der Waals surface area (Å²) in [7, 11) is 1.59. The lowest BCUT2D eigenvalue weighted by molar-refractivity contribution is -0.119. The maximum atomic E-state index is 11.7. The first-order valence-corrected chi connectivity index (χ1v) is 6.55. The van der Waals surface area contributed by atoms with Gasteiger partial charge in [-0.05, 0) is 19.1 Å². The number of benzene rings is 1. The predicted octanol–water partition coefficient (Wildman–Crippen LogP) is 2.65. The van der Waals surface area contributed by atoms with Crippen LogP contribution in [0.25, 0.3) is 0 Å². The zero-order valence-electron chi connectivity index (χ0n) is 12.8. The smallest absolute Gasteiger partial charge is 0.259 e. The highest BCUT2D eigenvalue weighted by Gasteiger charge is 2.14. The molecule has 2 N–H and O–H groups in total. The Morgan fingerprint density at radius 2 is 1.95 bits per heavy atom. The predicted molar refractivity (Wildman–Crippen MR) is 82.2 cm³/mol. The molecule has 0 saturated carbocycles. The fourth-order valence-electron chi connectivity index (χ4n) is 1.32. The lowest BCUT2D eigenvalue weighted by Crippen LogP contribution is -2.29. The number of anilines is 1. The van der Waals surface area contributed by atoms with Crippen LogP contribution < -0.4 is 15.5 Å². The van der Waals surface area contributed by atoms with Crippen LogP contribution in [0.4, 0.5) is 5.69 Å². The number of carbonyl (C=O) groups excluding carboxylic acids is 1. The van der Waals surface area contributed by atoms with E-state index in [1.54, 1.807) is 7.11 Å². The summed E-state index contributed by atoms with van der Waals surface area (Å²) >= 11 is 0. The normalized spacial score (nSPS) is 11.9. The van der Waals surface area contributed by atoms with Crippen LogP contribution in [-0.4, -0.2) is 25.3 Å². The molecule has 1 amide bonds. The molecule has 0 saturated heterocycles. The summed E-state index contributed by atoms with van der Waals surface area (Å²) in [6, 6.07) is 7.45. The highest BCUT2D eigenvalue weighted by molar-refractivity contribution is 5.89. The molecule has 5 heteroatoms. The minimum Gasteiger partial charge on any atom is -0.495 e. The van der Waals surface area contributed by atoms with Gasteiger partial charge in [0.05, 0.1) is 19.3 Å². The molecule has 0 aromatic heterocycles. The van der Waals surface area contributed by atoms with E-state index < -0.39 is 0 Å². The molecule has 0 spiro atoms. The Bertz CT molecular complexity index is 490. The molecule has 110 valence electrons. The van der Waals surface area contributed by atoms with Crippen LogP contribution in [0, 0.1) is 5.41 Å². The first-order valence-electron chi connectivity index (χ1n) is 6.55. The summed E-state index contributed by atoms with van der Waals surface area (Å²) in [5, 5.41) is 7.12. The van der Waals surface area contributed by atoms with E-state index in [0.29, 0.717) is 5.75 Å². The Hall–Kier alpha value is -2.04. The number of rotatable bonds is 5. The van der Waals surface area contributed by atoms with Crippen molar-refractivity contribution in [3.8, 4) is 5.75 Å². The molecule has 0 bridgehead atoms. The SMILES string of the molecule is COc1ccccc1NCC(=O)NN=C(C)C(C)(C)C. The summed E-state index contributed by atoms with van der Waals surface area (Å²) in [5.74, 6) is 0.508. The standard InChI is InChI=1S/C15H23N3O2/c1-11(15(2,3)4)17-18-14(19)10-16-12-8-6-7-9-13(12)20-5/h6-9,16H,10H2,1-5H3,(H,18,19). The van der Waals surface area contributed by atoms with Crippen molar-refractivity contribution >= 4 is 17.3 Å². The van der Waals surface area contributed by atoms with E-state index in [1.807, 2.05) is 52.0 Å². The molecule has 0 unspecified atom stereocenters. The second kappa shape index (κ2) is 6.93. The van der Waals surface area contributed by atoms with Gasteiger partial charge in [-0.3, -0.25) is 4.79 Å². The molecular weight excluding hydrogens is 254 g/mol. The summed E-state index contributed by atoms with van der Waals surface area (Å²) in [6.45, 7) is 8.18. The number of ether oxygens (including phenoxy) is 1. The van der Waals surface area contributed by atoms with E-state index in [4.69, 9.17) is 4.74 Å². The van der Waals surface area contributed by atoms with E-state index >= 15 is 0 Å². The maximum absolute atomic E-state index is 11.7. The van der Waals surface area contributed by atoms with Gasteiger partial charge in [-0.1, -0.05) is 32.9 Å². The molecule has 0 radical (unpaired) electrons. The zero-order valence-corrected chi connectivity index (χ0v) is 12.8. The third-order valence-electron chi connectivity index (χ3n) is 2.98. The summed E-state index contributed by atoms with van der Waals surface area (Å²) in [5.41, 5.74) is 4.15. The first kappa shape index (κ1) is 16.0. The van der Waals surface area contributed by atoms with Crippen molar-refractivity contribution in [1.29, 1.82) is 0 Å². The van der Waals surface area contributed by atoms with Crippen molar-refractivity contribution < 1.29 is 9.53 Å². The summed E-state index contributed by atoms with van der Waals surface area (Å²) in [4.78, 5) is 11.7. The van der Waals surface area contributed by atoms with Gasteiger partial charge in [0, 0.05) is 11.1 Å². The number of hydrazone groups is 1. The van der Waals surface area contributed by atoms with Crippen LogP contribution in [0.1, 0.15) is 27.7 Å². The lowest BCUT2D eigenvalue weighted by Gasteiger charge is -2.17. The molecule has 1 aromatic carbocycles. The van der Waals surface area contributed by atoms with Gasteiger partial charge in [0.15, 0.2) is 0 Å². The van der Waals surface area contributed by atoms with Gasteiger partial charge in [0.2, 0.25) is 0 Å². The van der Waals surface area contributed by atoms with Crippen molar-refractivity contribution in [2.45, 2.75) is 27.7 Å². The second-order valence-electron chi connectivity index (χ2n) is 5.54. The van der Waals surface area contributed by atoms with E-state index in [1.165, 1.54) is 0 Å². The quantitative estimate of drug-likeness (QED) is 0.642. The van der Waals surface area contributed by atoms with E-state index in [2.05, 4.69) is 15.8 Å². The molecular formula is C15H23N3O2. The van der Waals surface area contributed by atoms with Gasteiger partial charge in [0.25, 0.3) is 5.91 Å². The minimum absolute atomic E-state index is 0.0522. The number of methoxy groups -OCH3 is 1. The molecule has 0 fully saturated rings. The Balaban J connectivity index is 2.52. The van der Waals surface area contributed by atoms with Crippen molar-refractivity contribution in [2.75, 3.05) is 19.0 Å². The highest BCUT2D eigenvalue weighted by atomic mass is 16.5. The number of carbonyl (C=O) groups is 1. The minimum atomic E-state index is -0.195. The van der Waals surface area contributed by atoms with Gasteiger partial charge >= 0.3 is 0 Å². The third-order valence-corrected chi connectivity index (χ3v) is 2.98. The molecule has 0 aliphatic rings. The molecule has 20 heavy (non-hydrogen) atoms. The molecule has 5 nitrogen and oxygen atoms in total. The number of nitrogens with zero attached hydrogens (tertiary/aromatic N) is 1. The van der Waals surface area contributed by atoms with Crippen molar-refractivity contribution in [3.63, 3.8) is 0 Å². The fourth-order valence-corrected chi connectivity index (χ4v) is 1.32. The molecule has 0 atom stereocenters. The Kier molecular flexibility index (Phi) is 5.55. The lowest BCUT2D eigenvalue weighted by atomic mass is 9.91. The number of nitrogens with one attached hydrogen (secondary N) is 2. The van der Waals surface area contributed by atoms with Crippen LogP contribution >= 0.6 is 0 Å². The van der Waals surface area contributed by atoms with Gasteiger partial charge in [-0.25, -0.2) is 5.43 Å². The van der Waals surface area contributed by atoms with Crippen LogP contribution in [0.5, 0.6) is 5.75 Å². The number of hydrogen-bond acceptors (Lipinski definition) is 4. The first-order chi connectivity index (χ1) is 9.34. The monoisotopic (exact) mass is 277 g/mol. The molecule has 1 rings (SSSR count). The van der Waals surface area contributed by atoms with E-state index in [0.717, 1.165) is 11.4 Å². The van der Waals surface area contributed by atoms with E-state index in [-0.39, 0.29) is 17.9 Å². The molecule has 1 aromatic rings. The van der Waals surface area contributed by atoms with Crippen molar-refractivity contribution in [2.24, 2.45) is 10.5 Å². The highest BCUT2D eigenvalue weighted by Crippen LogP contribution is 2.22. The number of amides is 1. The fraction of sp³-hybridized carbons (Fsp3) is 0.467. The molecule has 0 aliphatic heterocycles. The van der Waals surface area contributed by atoms with E-state index in [9.17, 15) is 4.79 Å². The van der Waals surface area contributed by atoms with Crippen LogP contribution in [0.15, 0.2) is 29.4 Å². The molecule has 0 aliphatic carbocycles. The van der Waals surface area contributed by atoms with Crippen LogP contribution in [0.2, 0.25) is 0 Å². The Morgan fingerprint density at radius 1 is 1.30 bits per heavy atom. The van der Waals surface area contributed by atoms with Crippen LogP contribution in [0.3, 0.4) is 0 Å². The topological polar surface area (TPSA) is 62.7 Å². The Labute approximate surface area is 120 Å². The van der Waals surface area contributed by atoms with Crippen LogP contribution in [-0.2, 0) is 4.79 Å². The van der Waals surface area contributed by atoms with Crippen molar-refractivity contribution in [3.05, 3.63) is 24.3 Å². The Morgan fingerprint density at radius 3 is 2.55 bits per heavy atom. The second-order valence-corrected chi connectivity index (χ2v) is 5.54. The van der Waals surface area contributed by atoms with Gasteiger partial charge in [-0.2, -0.15) is 5.10 Å². The number of hydrogen-bond donors (Lipinski definition) is 2. The average Bonchev–Trinajstić information content (AvgIpc) is 2.41. The maximum Gasteiger partial charge on any atom is 0.259 e. The largest absolute Gasteiger partial charge is 0.495 e. The summed E-state index contributed by atoms with van der Waals surface area (Å²) in [6.07, 6.45) is 0. The van der Waals surface area contributed by atoms with Gasteiger partial charge in [-0.15, -0.1) is 0 Å². The van der Waals surface area contributed by atoms with Gasteiger partial charge in [0.1, 0.15) is 5.75 Å².